The van der Waals surface area contributed by atoms with Gasteiger partial charge in [-0.2, -0.15) is 0 Å². The van der Waals surface area contributed by atoms with Crippen molar-refractivity contribution < 1.29 is 4.74 Å². The summed E-state index contributed by atoms with van der Waals surface area (Å²) in [5.41, 5.74) is 8.61. The molecule has 0 spiro atoms. The summed E-state index contributed by atoms with van der Waals surface area (Å²) >= 11 is 5.11. The van der Waals surface area contributed by atoms with Gasteiger partial charge in [0.2, 0.25) is 0 Å². The number of hydrogen-bond donors (Lipinski definition) is 1. The van der Waals surface area contributed by atoms with Crippen molar-refractivity contribution in [2.24, 2.45) is 5.73 Å². The van der Waals surface area contributed by atoms with Gasteiger partial charge in [-0.15, -0.1) is 0 Å². The molecule has 3 nitrogen and oxygen atoms in total. The number of methoxy groups -OCH3 is 1. The third kappa shape index (κ3) is 2.85. The van der Waals surface area contributed by atoms with Crippen molar-refractivity contribution in [1.29, 1.82) is 0 Å². The minimum Gasteiger partial charge on any atom is -0.497 e. The number of anilines is 2. The molecule has 0 heterocycles. The molecule has 0 aliphatic heterocycles. The lowest BCUT2D eigenvalue weighted by atomic mass is 10.1. The van der Waals surface area contributed by atoms with Crippen LogP contribution < -0.4 is 15.4 Å². The van der Waals surface area contributed by atoms with Crippen molar-refractivity contribution in [3.05, 3.63) is 54.1 Å². The Kier molecular flexibility index (Phi) is 4.02. The summed E-state index contributed by atoms with van der Waals surface area (Å²) in [7, 11) is 3.62. The van der Waals surface area contributed by atoms with Gasteiger partial charge in [0, 0.05) is 24.4 Å². The van der Waals surface area contributed by atoms with Gasteiger partial charge in [-0.25, -0.2) is 0 Å². The summed E-state index contributed by atoms with van der Waals surface area (Å²) in [6, 6.07) is 15.7. The Morgan fingerprint density at radius 3 is 2.42 bits per heavy atom. The van der Waals surface area contributed by atoms with Crippen LogP contribution in [0.1, 0.15) is 5.56 Å². The predicted molar refractivity (Wildman–Crippen MR) is 83.4 cm³/mol. The molecule has 0 saturated heterocycles. The Bertz CT molecular complexity index is 584. The summed E-state index contributed by atoms with van der Waals surface area (Å²) in [5.74, 6) is 0.776. The van der Waals surface area contributed by atoms with E-state index in [9.17, 15) is 0 Å². The highest BCUT2D eigenvalue weighted by atomic mass is 32.1. The molecule has 0 amide bonds. The number of benzene rings is 2. The van der Waals surface area contributed by atoms with E-state index in [1.54, 1.807) is 7.11 Å². The number of nitrogens with zero attached hydrogens (tertiary/aromatic N) is 1. The van der Waals surface area contributed by atoms with Crippen LogP contribution in [0.2, 0.25) is 0 Å². The lowest BCUT2D eigenvalue weighted by molar-refractivity contribution is 0.415. The van der Waals surface area contributed by atoms with E-state index in [4.69, 9.17) is 22.7 Å². The summed E-state index contributed by atoms with van der Waals surface area (Å²) in [6.07, 6.45) is 0. The van der Waals surface area contributed by atoms with Gasteiger partial charge in [0.25, 0.3) is 0 Å². The molecule has 0 aliphatic carbocycles. The lowest BCUT2D eigenvalue weighted by Gasteiger charge is -2.23. The molecule has 0 atom stereocenters. The third-order valence-electron chi connectivity index (χ3n) is 2.98. The minimum atomic E-state index is 0.375. The Morgan fingerprint density at radius 2 is 1.84 bits per heavy atom. The maximum Gasteiger partial charge on any atom is 0.120 e. The zero-order valence-corrected chi connectivity index (χ0v) is 11.8. The molecule has 2 aromatic carbocycles. The van der Waals surface area contributed by atoms with E-state index in [0.717, 1.165) is 22.7 Å². The molecule has 2 rings (SSSR count). The van der Waals surface area contributed by atoms with Crippen molar-refractivity contribution >= 4 is 28.6 Å². The highest BCUT2D eigenvalue weighted by Gasteiger charge is 2.12. The maximum atomic E-state index is 5.79. The van der Waals surface area contributed by atoms with Gasteiger partial charge in [-0.05, 0) is 24.3 Å². The summed E-state index contributed by atoms with van der Waals surface area (Å²) in [4.78, 5) is 2.41. The topological polar surface area (TPSA) is 38.5 Å². The Morgan fingerprint density at radius 1 is 1.16 bits per heavy atom. The van der Waals surface area contributed by atoms with E-state index in [0.29, 0.717) is 4.99 Å². The second-order valence-corrected chi connectivity index (χ2v) is 4.58. The smallest absolute Gasteiger partial charge is 0.120 e. The highest BCUT2D eigenvalue weighted by molar-refractivity contribution is 7.80. The molecule has 0 aromatic heterocycles. The Balaban J connectivity index is 2.50. The van der Waals surface area contributed by atoms with Gasteiger partial charge < -0.3 is 15.4 Å². The predicted octanol–water partition coefficient (Wildman–Crippen LogP) is 3.10. The zero-order valence-electron chi connectivity index (χ0n) is 11.0. The summed E-state index contributed by atoms with van der Waals surface area (Å²) in [6.45, 7) is 0. The first-order valence-corrected chi connectivity index (χ1v) is 6.31. The number of hydrogen-bond acceptors (Lipinski definition) is 3. The van der Waals surface area contributed by atoms with Crippen LogP contribution in [0.3, 0.4) is 0 Å². The lowest BCUT2D eigenvalue weighted by Crippen LogP contribution is -2.17. The van der Waals surface area contributed by atoms with Crippen LogP contribution in [-0.2, 0) is 0 Å². The van der Waals surface area contributed by atoms with Gasteiger partial charge in [-0.1, -0.05) is 30.4 Å². The SMILES string of the molecule is COc1ccc(C(N)=S)c(N(C)c2ccccc2)c1. The molecule has 2 aromatic rings. The van der Waals surface area contributed by atoms with Crippen molar-refractivity contribution in [3.8, 4) is 5.75 Å². The Hall–Kier alpha value is -2.07. The van der Waals surface area contributed by atoms with Crippen LogP contribution in [0.15, 0.2) is 48.5 Å². The number of nitrogens with two attached hydrogens (primary N) is 1. The van der Waals surface area contributed by atoms with E-state index in [2.05, 4.69) is 0 Å². The fraction of sp³-hybridized carbons (Fsp3) is 0.133. The highest BCUT2D eigenvalue weighted by Crippen LogP contribution is 2.30. The first kappa shape index (κ1) is 13.4. The first-order chi connectivity index (χ1) is 9.13. The quantitative estimate of drug-likeness (QED) is 0.868. The molecular weight excluding hydrogens is 256 g/mol. The van der Waals surface area contributed by atoms with Gasteiger partial charge in [0.1, 0.15) is 10.7 Å². The first-order valence-electron chi connectivity index (χ1n) is 5.90. The molecule has 0 fully saturated rings. The summed E-state index contributed by atoms with van der Waals surface area (Å²) < 4.78 is 5.26. The average Bonchev–Trinajstić information content (AvgIpc) is 2.46. The fourth-order valence-corrected chi connectivity index (χ4v) is 2.09. The minimum absolute atomic E-state index is 0.375. The summed E-state index contributed by atoms with van der Waals surface area (Å²) in [5, 5.41) is 0. The van der Waals surface area contributed by atoms with Crippen molar-refractivity contribution in [2.75, 3.05) is 19.1 Å². The van der Waals surface area contributed by atoms with E-state index < -0.39 is 0 Å². The van der Waals surface area contributed by atoms with Gasteiger partial charge >= 0.3 is 0 Å². The average molecular weight is 272 g/mol. The monoisotopic (exact) mass is 272 g/mol. The van der Waals surface area contributed by atoms with Crippen LogP contribution >= 0.6 is 12.2 Å². The normalized spacial score (nSPS) is 10.0. The number of rotatable bonds is 4. The van der Waals surface area contributed by atoms with Crippen LogP contribution in [0.5, 0.6) is 5.75 Å². The fourth-order valence-electron chi connectivity index (χ4n) is 1.91. The van der Waals surface area contributed by atoms with E-state index in [1.807, 2.05) is 60.5 Å². The van der Waals surface area contributed by atoms with Crippen LogP contribution in [-0.4, -0.2) is 19.1 Å². The van der Waals surface area contributed by atoms with Gasteiger partial charge in [0.05, 0.1) is 12.8 Å². The number of para-hydroxylation sites is 1. The molecule has 0 saturated carbocycles. The second kappa shape index (κ2) is 5.71. The number of thiocarbonyl (C=S) groups is 1. The molecule has 4 heteroatoms. The molecule has 0 radical (unpaired) electrons. The van der Waals surface area contributed by atoms with Crippen molar-refractivity contribution in [3.63, 3.8) is 0 Å². The molecule has 98 valence electrons. The number of ether oxygens (including phenoxy) is 1. The van der Waals surface area contributed by atoms with Crippen molar-refractivity contribution in [2.45, 2.75) is 0 Å². The van der Waals surface area contributed by atoms with E-state index in [-0.39, 0.29) is 0 Å². The third-order valence-corrected chi connectivity index (χ3v) is 3.20. The molecule has 19 heavy (non-hydrogen) atoms. The van der Waals surface area contributed by atoms with E-state index >= 15 is 0 Å². The second-order valence-electron chi connectivity index (χ2n) is 4.14. The largest absolute Gasteiger partial charge is 0.497 e. The molecule has 0 unspecified atom stereocenters. The van der Waals surface area contributed by atoms with Gasteiger partial charge in [0.15, 0.2) is 0 Å². The van der Waals surface area contributed by atoms with E-state index in [1.165, 1.54) is 0 Å². The molecule has 2 N–H and O–H groups in total. The molecule has 0 aliphatic rings. The van der Waals surface area contributed by atoms with Gasteiger partial charge in [-0.3, -0.25) is 0 Å². The van der Waals surface area contributed by atoms with Crippen LogP contribution in [0, 0.1) is 0 Å². The molecule has 0 bridgehead atoms. The maximum absolute atomic E-state index is 5.79. The standard InChI is InChI=1S/C15H16N2OS/c1-17(11-6-4-3-5-7-11)14-10-12(18-2)8-9-13(14)15(16)19/h3-10H,1-2H3,(H2,16,19). The zero-order chi connectivity index (χ0) is 13.8. The Labute approximate surface area is 118 Å². The van der Waals surface area contributed by atoms with Crippen LogP contribution in [0.25, 0.3) is 0 Å². The molecular formula is C15H16N2OS. The van der Waals surface area contributed by atoms with Crippen LogP contribution in [0.4, 0.5) is 11.4 Å². The van der Waals surface area contributed by atoms with Crippen molar-refractivity contribution in [1.82, 2.24) is 0 Å².